The molecule has 1 aliphatic carbocycles. The summed E-state index contributed by atoms with van der Waals surface area (Å²) in [5, 5.41) is 5.10. The minimum Gasteiger partial charge on any atom is -0.135 e. The predicted octanol–water partition coefficient (Wildman–Crippen LogP) is 6.81. The van der Waals surface area contributed by atoms with E-state index in [4.69, 9.17) is 0 Å². The summed E-state index contributed by atoms with van der Waals surface area (Å²) < 4.78 is 2.67. The topological polar surface area (TPSA) is 0 Å². The molecule has 0 saturated carbocycles. The van der Waals surface area contributed by atoms with Gasteiger partial charge in [-0.1, -0.05) is 63.1 Å². The molecule has 3 aromatic rings. The lowest BCUT2D eigenvalue weighted by Gasteiger charge is -2.10. The number of hydrogen-bond acceptors (Lipinski definition) is 1. The SMILES string of the molecule is C=CC1=C(CC)C(=C)/C(=c2\c(=C)c(/C=C\C)c(C)c3c2sc2ccccc23)C1. The molecule has 1 aliphatic rings. The van der Waals surface area contributed by atoms with E-state index in [2.05, 4.69) is 76.9 Å². The number of thiophene rings is 1. The Kier molecular flexibility index (Phi) is 4.72. The van der Waals surface area contributed by atoms with Crippen LogP contribution in [0, 0.1) is 6.92 Å². The van der Waals surface area contributed by atoms with Gasteiger partial charge in [0.25, 0.3) is 0 Å². The van der Waals surface area contributed by atoms with Gasteiger partial charge in [0.05, 0.1) is 0 Å². The number of benzene rings is 2. The zero-order chi connectivity index (χ0) is 20.0. The molecule has 0 amide bonds. The third-order valence-electron chi connectivity index (χ3n) is 5.95. The third kappa shape index (κ3) is 2.57. The van der Waals surface area contributed by atoms with Crippen LogP contribution >= 0.6 is 11.3 Å². The predicted molar refractivity (Wildman–Crippen MR) is 128 cm³/mol. The van der Waals surface area contributed by atoms with Crippen molar-refractivity contribution in [3.8, 4) is 0 Å². The van der Waals surface area contributed by atoms with Gasteiger partial charge in [-0.25, -0.2) is 0 Å². The molecule has 1 heteroatoms. The molecule has 0 nitrogen and oxygen atoms in total. The Morgan fingerprint density at radius 1 is 1.18 bits per heavy atom. The largest absolute Gasteiger partial charge is 0.135 e. The van der Waals surface area contributed by atoms with Crippen LogP contribution in [0.25, 0.3) is 38.4 Å². The second-order valence-corrected chi connectivity index (χ2v) is 8.44. The van der Waals surface area contributed by atoms with Crippen LogP contribution < -0.4 is 10.4 Å². The van der Waals surface area contributed by atoms with Crippen LogP contribution in [-0.4, -0.2) is 0 Å². The van der Waals surface area contributed by atoms with Crippen LogP contribution in [0.3, 0.4) is 0 Å². The van der Waals surface area contributed by atoms with E-state index in [1.165, 1.54) is 53.2 Å². The summed E-state index contributed by atoms with van der Waals surface area (Å²) in [7, 11) is 0. The van der Waals surface area contributed by atoms with E-state index >= 15 is 0 Å². The summed E-state index contributed by atoms with van der Waals surface area (Å²) in [5.41, 5.74) is 7.68. The van der Waals surface area contributed by atoms with Gasteiger partial charge < -0.3 is 0 Å². The van der Waals surface area contributed by atoms with Crippen molar-refractivity contribution in [1.29, 1.82) is 0 Å². The number of hydrogen-bond donors (Lipinski definition) is 0. The summed E-state index contributed by atoms with van der Waals surface area (Å²) in [6, 6.07) is 8.72. The maximum atomic E-state index is 4.55. The molecule has 0 N–H and O–H groups in total. The van der Waals surface area contributed by atoms with Crippen molar-refractivity contribution in [1.82, 2.24) is 0 Å². The van der Waals surface area contributed by atoms with Crippen molar-refractivity contribution >= 4 is 49.7 Å². The number of allylic oxidation sites excluding steroid dienone is 5. The van der Waals surface area contributed by atoms with E-state index in [1.807, 2.05) is 17.4 Å². The molecule has 0 saturated heterocycles. The first-order valence-electron chi connectivity index (χ1n) is 9.86. The quantitative estimate of drug-likeness (QED) is 0.467. The van der Waals surface area contributed by atoms with Crippen LogP contribution in [0.4, 0.5) is 0 Å². The molecular weight excluding hydrogens is 356 g/mol. The average molecular weight is 383 g/mol. The first kappa shape index (κ1) is 18.7. The van der Waals surface area contributed by atoms with E-state index in [-0.39, 0.29) is 0 Å². The van der Waals surface area contributed by atoms with Crippen LogP contribution in [0.5, 0.6) is 0 Å². The Morgan fingerprint density at radius 2 is 1.93 bits per heavy atom. The van der Waals surface area contributed by atoms with Gasteiger partial charge in [-0.2, -0.15) is 0 Å². The first-order chi connectivity index (χ1) is 13.5. The Labute approximate surface area is 171 Å². The van der Waals surface area contributed by atoms with Crippen molar-refractivity contribution in [3.63, 3.8) is 0 Å². The first-order valence-corrected chi connectivity index (χ1v) is 10.7. The number of fused-ring (bicyclic) bond motifs is 3. The van der Waals surface area contributed by atoms with Crippen molar-refractivity contribution in [2.24, 2.45) is 0 Å². The van der Waals surface area contributed by atoms with E-state index in [1.54, 1.807) is 0 Å². The molecule has 0 fully saturated rings. The standard InChI is InChI=1S/C27H26S/c1-7-12-21-17(5)25-22-13-10-11-14-24(22)28-27(25)26(18(21)6)23-15-19(8-2)20(9-3)16(23)4/h7-8,10-14H,2,4,6,9,15H2,1,3,5H3/b12-7-,26-23+. The van der Waals surface area contributed by atoms with Crippen molar-refractivity contribution in [2.45, 2.75) is 33.6 Å². The monoisotopic (exact) mass is 382 g/mol. The Morgan fingerprint density at radius 3 is 2.57 bits per heavy atom. The Bertz CT molecular complexity index is 1320. The summed E-state index contributed by atoms with van der Waals surface area (Å²) in [6.07, 6.45) is 8.20. The zero-order valence-electron chi connectivity index (χ0n) is 17.0. The average Bonchev–Trinajstić information content (AvgIpc) is 3.23. The third-order valence-corrected chi connectivity index (χ3v) is 7.14. The zero-order valence-corrected chi connectivity index (χ0v) is 17.8. The van der Waals surface area contributed by atoms with E-state index in [9.17, 15) is 0 Å². The smallest absolute Gasteiger partial charge is 0.0439 e. The lowest BCUT2D eigenvalue weighted by atomic mass is 9.94. The highest BCUT2D eigenvalue weighted by molar-refractivity contribution is 7.25. The molecule has 4 rings (SSSR count). The molecule has 1 aromatic heterocycles. The molecule has 1 heterocycles. The second kappa shape index (κ2) is 7.07. The minimum atomic E-state index is 0.899. The number of rotatable bonds is 3. The van der Waals surface area contributed by atoms with Crippen LogP contribution in [0.15, 0.2) is 66.3 Å². The molecular formula is C27H26S. The van der Waals surface area contributed by atoms with Crippen LogP contribution in [-0.2, 0) is 0 Å². The maximum Gasteiger partial charge on any atom is 0.0439 e. The van der Waals surface area contributed by atoms with E-state index in [0.717, 1.165) is 23.6 Å². The highest BCUT2D eigenvalue weighted by Gasteiger charge is 2.23. The summed E-state index contributed by atoms with van der Waals surface area (Å²) in [5.74, 6) is 0. The summed E-state index contributed by atoms with van der Waals surface area (Å²) in [6.45, 7) is 19.6. The van der Waals surface area contributed by atoms with Gasteiger partial charge in [-0.15, -0.1) is 11.3 Å². The highest BCUT2D eigenvalue weighted by atomic mass is 32.1. The fourth-order valence-electron chi connectivity index (χ4n) is 4.59. The molecule has 2 aromatic carbocycles. The summed E-state index contributed by atoms with van der Waals surface area (Å²) in [4.78, 5) is 0. The molecule has 0 spiro atoms. The fraction of sp³-hybridized carbons (Fsp3) is 0.185. The normalized spacial score (nSPS) is 16.9. The minimum absolute atomic E-state index is 0.899. The molecule has 0 aliphatic heterocycles. The molecule has 0 unspecified atom stereocenters. The summed E-state index contributed by atoms with van der Waals surface area (Å²) >= 11 is 1.88. The van der Waals surface area contributed by atoms with Gasteiger partial charge in [-0.3, -0.25) is 0 Å². The van der Waals surface area contributed by atoms with E-state index in [0.29, 0.717) is 0 Å². The van der Waals surface area contributed by atoms with Gasteiger partial charge in [0, 0.05) is 25.4 Å². The van der Waals surface area contributed by atoms with Crippen molar-refractivity contribution in [3.05, 3.63) is 87.9 Å². The molecule has 0 atom stereocenters. The van der Waals surface area contributed by atoms with Gasteiger partial charge >= 0.3 is 0 Å². The van der Waals surface area contributed by atoms with E-state index < -0.39 is 0 Å². The van der Waals surface area contributed by atoms with Gasteiger partial charge in [0.15, 0.2) is 0 Å². The Hall–Kier alpha value is -2.64. The van der Waals surface area contributed by atoms with Gasteiger partial charge in [0.1, 0.15) is 0 Å². The molecule has 28 heavy (non-hydrogen) atoms. The van der Waals surface area contributed by atoms with Gasteiger partial charge in [0.2, 0.25) is 0 Å². The lowest BCUT2D eigenvalue weighted by molar-refractivity contribution is 1.12. The van der Waals surface area contributed by atoms with Crippen molar-refractivity contribution in [2.75, 3.05) is 0 Å². The van der Waals surface area contributed by atoms with Gasteiger partial charge in [-0.05, 0) is 71.4 Å². The molecule has 0 bridgehead atoms. The number of aryl methyl sites for hydroxylation is 1. The Balaban J connectivity index is 2.26. The lowest BCUT2D eigenvalue weighted by Crippen LogP contribution is -2.30. The molecule has 140 valence electrons. The second-order valence-electron chi connectivity index (χ2n) is 7.39. The molecule has 0 radical (unpaired) electrons. The van der Waals surface area contributed by atoms with Crippen molar-refractivity contribution < 1.29 is 0 Å². The fourth-order valence-corrected chi connectivity index (χ4v) is 5.95. The maximum absolute atomic E-state index is 4.55. The highest BCUT2D eigenvalue weighted by Crippen LogP contribution is 2.40. The van der Waals surface area contributed by atoms with Crippen LogP contribution in [0.2, 0.25) is 0 Å². The van der Waals surface area contributed by atoms with Crippen LogP contribution in [0.1, 0.15) is 37.8 Å².